The molecule has 0 aliphatic carbocycles. The van der Waals surface area contributed by atoms with Gasteiger partial charge in [0.2, 0.25) is 0 Å². The fraction of sp³-hybridized carbons (Fsp3) is 0.412. The van der Waals surface area contributed by atoms with E-state index < -0.39 is 0 Å². The average molecular weight is 291 g/mol. The van der Waals surface area contributed by atoms with Crippen molar-refractivity contribution in [3.05, 3.63) is 57.0 Å². The Labute approximate surface area is 124 Å². The van der Waals surface area contributed by atoms with E-state index in [2.05, 4.69) is 32.2 Å². The van der Waals surface area contributed by atoms with Crippen LogP contribution < -0.4 is 5.32 Å². The number of benzene rings is 1. The Morgan fingerprint density at radius 3 is 2.65 bits per heavy atom. The van der Waals surface area contributed by atoms with E-state index in [9.17, 15) is 4.39 Å². The van der Waals surface area contributed by atoms with Crippen LogP contribution in [0, 0.1) is 19.7 Å². The lowest BCUT2D eigenvalue weighted by Crippen LogP contribution is -2.23. The Kier molecular flexibility index (Phi) is 5.32. The van der Waals surface area contributed by atoms with Crippen molar-refractivity contribution >= 4 is 11.3 Å². The van der Waals surface area contributed by atoms with Gasteiger partial charge in [-0.2, -0.15) is 0 Å². The van der Waals surface area contributed by atoms with Gasteiger partial charge in [0.15, 0.2) is 0 Å². The van der Waals surface area contributed by atoms with Crippen molar-refractivity contribution < 1.29 is 4.39 Å². The van der Waals surface area contributed by atoms with Crippen LogP contribution in [-0.2, 0) is 6.42 Å². The molecular weight excluding hydrogens is 269 g/mol. The van der Waals surface area contributed by atoms with E-state index in [1.807, 2.05) is 17.4 Å². The van der Waals surface area contributed by atoms with Crippen LogP contribution in [0.3, 0.4) is 0 Å². The molecule has 0 amide bonds. The molecule has 1 aromatic carbocycles. The Morgan fingerprint density at radius 1 is 1.25 bits per heavy atom. The molecule has 108 valence electrons. The maximum atomic E-state index is 13.3. The second-order valence-electron chi connectivity index (χ2n) is 5.23. The molecule has 1 aromatic heterocycles. The zero-order valence-corrected chi connectivity index (χ0v) is 13.2. The summed E-state index contributed by atoms with van der Waals surface area (Å²) < 4.78 is 13.3. The summed E-state index contributed by atoms with van der Waals surface area (Å²) in [4.78, 5) is 2.71. The number of aryl methyl sites for hydroxylation is 2. The fourth-order valence-electron chi connectivity index (χ4n) is 2.27. The number of rotatable bonds is 6. The van der Waals surface area contributed by atoms with E-state index in [1.54, 1.807) is 12.1 Å². The lowest BCUT2D eigenvalue weighted by molar-refractivity contribution is 0.534. The summed E-state index contributed by atoms with van der Waals surface area (Å²) in [7, 11) is 0. The molecule has 0 aliphatic heterocycles. The Morgan fingerprint density at radius 2 is 2.05 bits per heavy atom. The molecule has 0 fully saturated rings. The van der Waals surface area contributed by atoms with Gasteiger partial charge in [-0.1, -0.05) is 19.1 Å². The quantitative estimate of drug-likeness (QED) is 0.807. The van der Waals surface area contributed by atoms with Crippen molar-refractivity contribution in [3.8, 4) is 0 Å². The molecule has 0 saturated carbocycles. The largest absolute Gasteiger partial charge is 0.309 e. The van der Waals surface area contributed by atoms with Crippen LogP contribution in [0.4, 0.5) is 4.39 Å². The monoisotopic (exact) mass is 291 g/mol. The first kappa shape index (κ1) is 15.2. The summed E-state index contributed by atoms with van der Waals surface area (Å²) in [6.07, 6.45) is 1.93. The van der Waals surface area contributed by atoms with Crippen LogP contribution in [0.15, 0.2) is 30.3 Å². The third-order valence-electron chi connectivity index (χ3n) is 3.50. The SMILES string of the molecule is CCCNC(Cc1cccc(F)c1)c1cc(C)c(C)s1. The molecule has 2 rings (SSSR count). The number of nitrogens with one attached hydrogen (secondary N) is 1. The van der Waals surface area contributed by atoms with Gasteiger partial charge in [0.25, 0.3) is 0 Å². The van der Waals surface area contributed by atoms with Crippen LogP contribution in [0.2, 0.25) is 0 Å². The molecule has 1 heterocycles. The lowest BCUT2D eigenvalue weighted by atomic mass is 10.0. The van der Waals surface area contributed by atoms with Gasteiger partial charge in [0.1, 0.15) is 5.82 Å². The maximum Gasteiger partial charge on any atom is 0.123 e. The first-order valence-corrected chi connectivity index (χ1v) is 7.96. The van der Waals surface area contributed by atoms with Gasteiger partial charge < -0.3 is 5.32 Å². The van der Waals surface area contributed by atoms with Gasteiger partial charge in [-0.15, -0.1) is 11.3 Å². The van der Waals surface area contributed by atoms with Crippen LogP contribution in [0.1, 0.15) is 40.3 Å². The highest BCUT2D eigenvalue weighted by atomic mass is 32.1. The number of halogens is 1. The Bertz CT molecular complexity index is 542. The van der Waals surface area contributed by atoms with Crippen LogP contribution in [0.5, 0.6) is 0 Å². The van der Waals surface area contributed by atoms with E-state index in [0.29, 0.717) is 0 Å². The summed E-state index contributed by atoms with van der Waals surface area (Å²) in [6, 6.07) is 9.44. The number of hydrogen-bond donors (Lipinski definition) is 1. The van der Waals surface area contributed by atoms with Gasteiger partial charge in [-0.25, -0.2) is 4.39 Å². The van der Waals surface area contributed by atoms with Crippen LogP contribution in [-0.4, -0.2) is 6.54 Å². The molecule has 1 N–H and O–H groups in total. The van der Waals surface area contributed by atoms with E-state index in [4.69, 9.17) is 0 Å². The van der Waals surface area contributed by atoms with Gasteiger partial charge in [0.05, 0.1) is 0 Å². The van der Waals surface area contributed by atoms with E-state index in [1.165, 1.54) is 21.4 Å². The molecule has 3 heteroatoms. The fourth-order valence-corrected chi connectivity index (χ4v) is 3.38. The second-order valence-corrected chi connectivity index (χ2v) is 6.52. The zero-order chi connectivity index (χ0) is 14.5. The van der Waals surface area contributed by atoms with Crippen molar-refractivity contribution in [1.82, 2.24) is 5.32 Å². The van der Waals surface area contributed by atoms with Crippen molar-refractivity contribution in [1.29, 1.82) is 0 Å². The van der Waals surface area contributed by atoms with Crippen LogP contribution in [0.25, 0.3) is 0 Å². The average Bonchev–Trinajstić information content (AvgIpc) is 2.74. The third-order valence-corrected chi connectivity index (χ3v) is 4.76. The van der Waals surface area contributed by atoms with E-state index in [0.717, 1.165) is 24.9 Å². The summed E-state index contributed by atoms with van der Waals surface area (Å²) >= 11 is 1.84. The van der Waals surface area contributed by atoms with Crippen LogP contribution >= 0.6 is 11.3 Å². The summed E-state index contributed by atoms with van der Waals surface area (Å²) in [6.45, 7) is 7.45. The Hall–Kier alpha value is -1.19. The van der Waals surface area contributed by atoms with Crippen molar-refractivity contribution in [3.63, 3.8) is 0 Å². The molecule has 20 heavy (non-hydrogen) atoms. The van der Waals surface area contributed by atoms with Gasteiger partial charge >= 0.3 is 0 Å². The minimum absolute atomic E-state index is 0.157. The highest BCUT2D eigenvalue weighted by Crippen LogP contribution is 2.28. The number of hydrogen-bond acceptors (Lipinski definition) is 2. The molecular formula is C17H22FNS. The molecule has 1 unspecified atom stereocenters. The predicted molar refractivity (Wildman–Crippen MR) is 84.9 cm³/mol. The topological polar surface area (TPSA) is 12.0 Å². The smallest absolute Gasteiger partial charge is 0.123 e. The van der Waals surface area contributed by atoms with Crippen molar-refractivity contribution in [2.75, 3.05) is 6.54 Å². The van der Waals surface area contributed by atoms with Crippen molar-refractivity contribution in [2.24, 2.45) is 0 Å². The Balaban J connectivity index is 2.19. The van der Waals surface area contributed by atoms with E-state index in [-0.39, 0.29) is 11.9 Å². The van der Waals surface area contributed by atoms with Gasteiger partial charge in [-0.05, 0) is 62.6 Å². The molecule has 0 radical (unpaired) electrons. The van der Waals surface area contributed by atoms with E-state index >= 15 is 0 Å². The van der Waals surface area contributed by atoms with Gasteiger partial charge in [0, 0.05) is 15.8 Å². The first-order chi connectivity index (χ1) is 9.60. The second kappa shape index (κ2) is 7.00. The maximum absolute atomic E-state index is 13.3. The first-order valence-electron chi connectivity index (χ1n) is 7.15. The summed E-state index contributed by atoms with van der Waals surface area (Å²) in [5.74, 6) is -0.157. The molecule has 2 aromatic rings. The molecule has 0 saturated heterocycles. The summed E-state index contributed by atoms with van der Waals surface area (Å²) in [5, 5.41) is 3.58. The highest BCUT2D eigenvalue weighted by molar-refractivity contribution is 7.12. The highest BCUT2D eigenvalue weighted by Gasteiger charge is 2.15. The molecule has 0 spiro atoms. The molecule has 1 atom stereocenters. The molecule has 0 aliphatic rings. The minimum atomic E-state index is -0.157. The summed E-state index contributed by atoms with van der Waals surface area (Å²) in [5.41, 5.74) is 2.38. The zero-order valence-electron chi connectivity index (χ0n) is 12.4. The third kappa shape index (κ3) is 3.90. The minimum Gasteiger partial charge on any atom is -0.309 e. The van der Waals surface area contributed by atoms with Gasteiger partial charge in [-0.3, -0.25) is 0 Å². The lowest BCUT2D eigenvalue weighted by Gasteiger charge is -2.17. The standard InChI is InChI=1S/C17H22FNS/c1-4-8-19-16(17-9-12(2)13(3)20-17)11-14-6-5-7-15(18)10-14/h5-7,9-10,16,19H,4,8,11H2,1-3H3. The predicted octanol–water partition coefficient (Wildman–Crippen LogP) is 4.79. The van der Waals surface area contributed by atoms with Crippen molar-refractivity contribution in [2.45, 2.75) is 39.7 Å². The normalized spacial score (nSPS) is 12.6. The molecule has 1 nitrogen and oxygen atoms in total. The number of thiophene rings is 1. The molecule has 0 bridgehead atoms.